The summed E-state index contributed by atoms with van der Waals surface area (Å²) in [6, 6.07) is 2.15. The second-order valence-electron chi connectivity index (χ2n) is 6.95. The Balaban J connectivity index is 1.89. The van der Waals surface area contributed by atoms with Gasteiger partial charge < -0.3 is 21.1 Å². The molecule has 1 aliphatic rings. The maximum atomic E-state index is 11.9. The summed E-state index contributed by atoms with van der Waals surface area (Å²) in [6.07, 6.45) is 5.27. The number of aromatic nitrogens is 1. The molecule has 2 atom stereocenters. The van der Waals surface area contributed by atoms with Crippen molar-refractivity contribution >= 4 is 33.4 Å². The van der Waals surface area contributed by atoms with Crippen LogP contribution in [0.2, 0.25) is 0 Å². The number of rotatable bonds is 3. The van der Waals surface area contributed by atoms with Crippen molar-refractivity contribution in [2.24, 2.45) is 0 Å². The van der Waals surface area contributed by atoms with Crippen LogP contribution in [0.15, 0.2) is 16.9 Å². The summed E-state index contributed by atoms with van der Waals surface area (Å²) in [7, 11) is 0. The van der Waals surface area contributed by atoms with Crippen LogP contribution in [0, 0.1) is 0 Å². The molecule has 1 heterocycles. The van der Waals surface area contributed by atoms with Crippen molar-refractivity contribution in [3.8, 4) is 0 Å². The fourth-order valence-electron chi connectivity index (χ4n) is 2.71. The molecule has 1 aromatic rings. The van der Waals surface area contributed by atoms with Crippen LogP contribution in [-0.2, 0) is 4.74 Å². The summed E-state index contributed by atoms with van der Waals surface area (Å²) in [5.41, 5.74) is 7.01. The summed E-state index contributed by atoms with van der Waals surface area (Å²) < 4.78 is 6.04. The molecule has 6 nitrogen and oxygen atoms in total. The molecule has 0 radical (unpaired) electrons. The van der Waals surface area contributed by atoms with Crippen LogP contribution in [0.4, 0.5) is 16.2 Å². The Morgan fingerprint density at radius 2 is 2.09 bits per heavy atom. The first-order chi connectivity index (χ1) is 10.7. The molecule has 0 saturated heterocycles. The zero-order valence-corrected chi connectivity index (χ0v) is 15.4. The minimum Gasteiger partial charge on any atom is -0.444 e. The third kappa shape index (κ3) is 5.89. The lowest BCUT2D eigenvalue weighted by atomic mass is 9.91. The van der Waals surface area contributed by atoms with E-state index < -0.39 is 5.60 Å². The molecule has 1 fully saturated rings. The Hall–Kier alpha value is -1.50. The third-order valence-corrected chi connectivity index (χ3v) is 4.09. The van der Waals surface area contributed by atoms with Gasteiger partial charge in [-0.3, -0.25) is 0 Å². The highest BCUT2D eigenvalue weighted by molar-refractivity contribution is 9.10. The van der Waals surface area contributed by atoms with Crippen LogP contribution in [0.3, 0.4) is 0 Å². The van der Waals surface area contributed by atoms with Gasteiger partial charge in [-0.25, -0.2) is 9.78 Å². The lowest BCUT2D eigenvalue weighted by Gasteiger charge is -2.31. The molecule has 7 heteroatoms. The van der Waals surface area contributed by atoms with E-state index in [2.05, 4.69) is 31.5 Å². The number of nitrogens with zero attached hydrogens (tertiary/aromatic N) is 1. The molecule has 0 aliphatic heterocycles. The highest BCUT2D eigenvalue weighted by Gasteiger charge is 2.25. The second kappa shape index (κ2) is 7.38. The average molecular weight is 385 g/mol. The standard InChI is InChI=1S/C16H25BrN4O2/c1-16(2,3)23-15(22)21-11-6-4-5-10(7-11)20-13-9-19-14(17)8-12(13)18/h8-11,20H,4-7H2,1-3H3,(H2,18,19)(H,21,22)/t10-,11+/m1/s1. The van der Waals surface area contributed by atoms with E-state index in [1.54, 1.807) is 12.3 Å². The monoisotopic (exact) mass is 384 g/mol. The van der Waals surface area contributed by atoms with Crippen molar-refractivity contribution in [3.63, 3.8) is 0 Å². The fraction of sp³-hybridized carbons (Fsp3) is 0.625. The SMILES string of the molecule is CC(C)(C)OC(=O)N[C@H]1CCC[C@@H](Nc2cnc(Br)cc2N)C1. The van der Waals surface area contributed by atoms with Crippen molar-refractivity contribution in [2.45, 2.75) is 64.1 Å². The second-order valence-corrected chi connectivity index (χ2v) is 7.76. The van der Waals surface area contributed by atoms with E-state index in [9.17, 15) is 4.79 Å². The normalized spacial score (nSPS) is 21.6. The van der Waals surface area contributed by atoms with Crippen molar-refractivity contribution in [2.75, 3.05) is 11.1 Å². The van der Waals surface area contributed by atoms with Crippen LogP contribution >= 0.6 is 15.9 Å². The molecular formula is C16H25BrN4O2. The number of ether oxygens (including phenoxy) is 1. The number of alkyl carbamates (subject to hydrolysis) is 1. The summed E-state index contributed by atoms with van der Waals surface area (Å²) in [6.45, 7) is 5.59. The van der Waals surface area contributed by atoms with Crippen molar-refractivity contribution in [3.05, 3.63) is 16.9 Å². The van der Waals surface area contributed by atoms with Crippen LogP contribution < -0.4 is 16.4 Å². The van der Waals surface area contributed by atoms with Gasteiger partial charge in [0.05, 0.1) is 17.6 Å². The minimum atomic E-state index is -0.478. The summed E-state index contributed by atoms with van der Waals surface area (Å²) in [4.78, 5) is 16.1. The van der Waals surface area contributed by atoms with Gasteiger partial charge in [0.1, 0.15) is 10.2 Å². The van der Waals surface area contributed by atoms with Gasteiger partial charge in [-0.1, -0.05) is 0 Å². The number of nitrogens with one attached hydrogen (secondary N) is 2. The molecular weight excluding hydrogens is 360 g/mol. The lowest BCUT2D eigenvalue weighted by molar-refractivity contribution is 0.0492. The van der Waals surface area contributed by atoms with E-state index in [1.165, 1.54) is 0 Å². The van der Waals surface area contributed by atoms with E-state index >= 15 is 0 Å². The number of hydrogen-bond donors (Lipinski definition) is 3. The van der Waals surface area contributed by atoms with Crippen molar-refractivity contribution < 1.29 is 9.53 Å². The van der Waals surface area contributed by atoms with Gasteiger partial charge >= 0.3 is 6.09 Å². The molecule has 23 heavy (non-hydrogen) atoms. The molecule has 2 rings (SSSR count). The maximum absolute atomic E-state index is 11.9. The highest BCUT2D eigenvalue weighted by atomic mass is 79.9. The smallest absolute Gasteiger partial charge is 0.407 e. The summed E-state index contributed by atoms with van der Waals surface area (Å²) in [5.74, 6) is 0. The number of nitrogen functional groups attached to an aromatic ring is 1. The zero-order chi connectivity index (χ0) is 17.0. The first kappa shape index (κ1) is 17.8. The van der Waals surface area contributed by atoms with E-state index in [0.717, 1.165) is 31.4 Å². The fourth-order valence-corrected chi connectivity index (χ4v) is 3.06. The van der Waals surface area contributed by atoms with Gasteiger partial charge in [0.25, 0.3) is 0 Å². The Bertz CT molecular complexity index is 560. The summed E-state index contributed by atoms with van der Waals surface area (Å²) >= 11 is 3.30. The molecule has 1 aliphatic carbocycles. The number of amides is 1. The molecule has 1 amide bonds. The number of anilines is 2. The van der Waals surface area contributed by atoms with Crippen LogP contribution in [0.5, 0.6) is 0 Å². The van der Waals surface area contributed by atoms with Crippen molar-refractivity contribution in [1.29, 1.82) is 0 Å². The predicted molar refractivity (Wildman–Crippen MR) is 95.4 cm³/mol. The lowest BCUT2D eigenvalue weighted by Crippen LogP contribution is -2.43. The van der Waals surface area contributed by atoms with Gasteiger partial charge in [-0.05, 0) is 68.5 Å². The van der Waals surface area contributed by atoms with E-state index in [1.807, 2.05) is 20.8 Å². The molecule has 0 aromatic carbocycles. The Kier molecular flexibility index (Phi) is 5.73. The van der Waals surface area contributed by atoms with Crippen molar-refractivity contribution in [1.82, 2.24) is 10.3 Å². The topological polar surface area (TPSA) is 89.3 Å². The van der Waals surface area contributed by atoms with Gasteiger partial charge in [0.2, 0.25) is 0 Å². The quantitative estimate of drug-likeness (QED) is 0.691. The molecule has 0 unspecified atom stereocenters. The van der Waals surface area contributed by atoms with E-state index in [0.29, 0.717) is 10.3 Å². The average Bonchev–Trinajstić information content (AvgIpc) is 2.40. The molecule has 4 N–H and O–H groups in total. The molecule has 0 bridgehead atoms. The number of carbonyl (C=O) groups is 1. The Morgan fingerprint density at radius 1 is 1.39 bits per heavy atom. The first-order valence-corrected chi connectivity index (χ1v) is 8.69. The molecule has 1 aromatic heterocycles. The molecule has 0 spiro atoms. The Morgan fingerprint density at radius 3 is 2.74 bits per heavy atom. The van der Waals surface area contributed by atoms with Gasteiger partial charge in [0.15, 0.2) is 0 Å². The van der Waals surface area contributed by atoms with Crippen LogP contribution in [0.1, 0.15) is 46.5 Å². The number of nitrogens with two attached hydrogens (primary N) is 1. The number of carbonyl (C=O) groups excluding carboxylic acids is 1. The molecule has 1 saturated carbocycles. The van der Waals surface area contributed by atoms with Crippen LogP contribution in [-0.4, -0.2) is 28.8 Å². The number of hydrogen-bond acceptors (Lipinski definition) is 5. The minimum absolute atomic E-state index is 0.112. The first-order valence-electron chi connectivity index (χ1n) is 7.90. The van der Waals surface area contributed by atoms with Gasteiger partial charge in [-0.15, -0.1) is 0 Å². The molecule has 128 valence electrons. The van der Waals surface area contributed by atoms with Crippen LogP contribution in [0.25, 0.3) is 0 Å². The third-order valence-electron chi connectivity index (χ3n) is 3.66. The largest absolute Gasteiger partial charge is 0.444 e. The number of halogens is 1. The Labute approximate surface area is 145 Å². The number of pyridine rings is 1. The highest BCUT2D eigenvalue weighted by Crippen LogP contribution is 2.26. The van der Waals surface area contributed by atoms with E-state index in [-0.39, 0.29) is 18.2 Å². The zero-order valence-electron chi connectivity index (χ0n) is 13.9. The van der Waals surface area contributed by atoms with E-state index in [4.69, 9.17) is 10.5 Å². The van der Waals surface area contributed by atoms with Gasteiger partial charge in [-0.2, -0.15) is 0 Å². The predicted octanol–water partition coefficient (Wildman–Crippen LogP) is 3.67. The summed E-state index contributed by atoms with van der Waals surface area (Å²) in [5, 5.41) is 6.39. The van der Waals surface area contributed by atoms with Gasteiger partial charge in [0, 0.05) is 12.1 Å². The maximum Gasteiger partial charge on any atom is 0.407 e.